The van der Waals surface area contributed by atoms with Crippen molar-refractivity contribution in [3.05, 3.63) is 35.9 Å². The maximum absolute atomic E-state index is 11.1. The van der Waals surface area contributed by atoms with Gasteiger partial charge in [-0.2, -0.15) is 0 Å². The van der Waals surface area contributed by atoms with Gasteiger partial charge in [-0.25, -0.2) is 9.59 Å². The van der Waals surface area contributed by atoms with Crippen LogP contribution in [0.25, 0.3) is 0 Å². The fourth-order valence-electron chi connectivity index (χ4n) is 0.757. The predicted octanol–water partition coefficient (Wildman–Crippen LogP) is 1.14. The molecule has 4 nitrogen and oxygen atoms in total. The molecular weight excluding hydrogens is 208 g/mol. The number of carbonyl (C=O) groups is 3. The molecule has 0 aliphatic carbocycles. The van der Waals surface area contributed by atoms with Gasteiger partial charge in [0.2, 0.25) is 0 Å². The van der Waals surface area contributed by atoms with Crippen LogP contribution in [-0.2, 0) is 14.3 Å². The Kier molecular flexibility index (Phi) is 3.36. The summed E-state index contributed by atoms with van der Waals surface area (Å²) in [4.78, 5) is 32.0. The first-order chi connectivity index (χ1) is 6.61. The van der Waals surface area contributed by atoms with E-state index in [2.05, 4.69) is 4.74 Å². The van der Waals surface area contributed by atoms with Crippen molar-refractivity contribution in [2.45, 2.75) is 0 Å². The van der Waals surface area contributed by atoms with Crippen LogP contribution in [0.3, 0.4) is 0 Å². The zero-order valence-electron chi connectivity index (χ0n) is 6.90. The van der Waals surface area contributed by atoms with Crippen LogP contribution in [0.4, 0.5) is 0 Å². The molecule has 0 atom stereocenters. The first kappa shape index (κ1) is 10.4. The SMILES string of the molecule is O=C(Cl)C(=O)OC(=O)c1ccccc1. The number of ether oxygens (including phenoxy) is 1. The molecule has 0 aliphatic rings. The molecule has 0 heterocycles. The van der Waals surface area contributed by atoms with Gasteiger partial charge in [0.05, 0.1) is 5.56 Å². The fourth-order valence-corrected chi connectivity index (χ4v) is 0.796. The van der Waals surface area contributed by atoms with E-state index < -0.39 is 17.2 Å². The summed E-state index contributed by atoms with van der Waals surface area (Å²) in [5.41, 5.74) is 0.179. The minimum absolute atomic E-state index is 0.179. The second kappa shape index (κ2) is 4.53. The predicted molar refractivity (Wildman–Crippen MR) is 47.7 cm³/mol. The van der Waals surface area contributed by atoms with E-state index in [1.54, 1.807) is 18.2 Å². The maximum Gasteiger partial charge on any atom is 0.399 e. The Morgan fingerprint density at radius 1 is 1.07 bits per heavy atom. The van der Waals surface area contributed by atoms with Crippen LogP contribution in [0.1, 0.15) is 10.4 Å². The molecule has 0 saturated carbocycles. The Bertz CT molecular complexity index is 372. The Hall–Kier alpha value is -1.68. The van der Waals surface area contributed by atoms with Crippen LogP contribution in [0.2, 0.25) is 0 Å². The zero-order chi connectivity index (χ0) is 10.6. The van der Waals surface area contributed by atoms with Gasteiger partial charge >= 0.3 is 17.2 Å². The number of esters is 2. The molecule has 14 heavy (non-hydrogen) atoms. The third-order valence-corrected chi connectivity index (χ3v) is 1.51. The first-order valence-electron chi connectivity index (χ1n) is 3.62. The van der Waals surface area contributed by atoms with E-state index >= 15 is 0 Å². The zero-order valence-corrected chi connectivity index (χ0v) is 7.65. The standard InChI is InChI=1S/C9H5ClO4/c10-7(11)9(13)14-8(12)6-4-2-1-3-5-6/h1-5H. The summed E-state index contributed by atoms with van der Waals surface area (Å²) in [5.74, 6) is -2.27. The van der Waals surface area contributed by atoms with E-state index in [0.29, 0.717) is 0 Å². The summed E-state index contributed by atoms with van der Waals surface area (Å²) < 4.78 is 4.14. The normalized spacial score (nSPS) is 9.21. The van der Waals surface area contributed by atoms with Gasteiger partial charge in [-0.05, 0) is 23.7 Å². The summed E-state index contributed by atoms with van der Waals surface area (Å²) in [6.45, 7) is 0. The van der Waals surface area contributed by atoms with Crippen molar-refractivity contribution in [2.24, 2.45) is 0 Å². The minimum atomic E-state index is -1.37. The molecule has 0 N–H and O–H groups in total. The molecule has 0 spiro atoms. The van der Waals surface area contributed by atoms with Crippen molar-refractivity contribution < 1.29 is 19.1 Å². The Balaban J connectivity index is 2.69. The van der Waals surface area contributed by atoms with Crippen molar-refractivity contribution in [3.63, 3.8) is 0 Å². The van der Waals surface area contributed by atoms with E-state index in [1.807, 2.05) is 0 Å². The molecular formula is C9H5ClO4. The Morgan fingerprint density at radius 3 is 2.14 bits per heavy atom. The summed E-state index contributed by atoms with van der Waals surface area (Å²) in [7, 11) is 0. The van der Waals surface area contributed by atoms with Crippen molar-refractivity contribution in [2.75, 3.05) is 0 Å². The molecule has 1 rings (SSSR count). The number of rotatable bonds is 2. The fraction of sp³-hybridized carbons (Fsp3) is 0. The lowest BCUT2D eigenvalue weighted by Crippen LogP contribution is -2.17. The van der Waals surface area contributed by atoms with E-state index in [4.69, 9.17) is 11.6 Å². The molecule has 5 heteroatoms. The average Bonchev–Trinajstić information content (AvgIpc) is 2.19. The monoisotopic (exact) mass is 212 g/mol. The second-order valence-electron chi connectivity index (χ2n) is 2.32. The van der Waals surface area contributed by atoms with Crippen molar-refractivity contribution in [1.29, 1.82) is 0 Å². The second-order valence-corrected chi connectivity index (χ2v) is 2.66. The highest BCUT2D eigenvalue weighted by molar-refractivity contribution is 6.80. The van der Waals surface area contributed by atoms with E-state index in [9.17, 15) is 14.4 Å². The van der Waals surface area contributed by atoms with Crippen LogP contribution in [0, 0.1) is 0 Å². The Morgan fingerprint density at radius 2 is 1.64 bits per heavy atom. The number of benzene rings is 1. The van der Waals surface area contributed by atoms with E-state index in [-0.39, 0.29) is 5.56 Å². The average molecular weight is 213 g/mol. The van der Waals surface area contributed by atoms with Gasteiger partial charge in [0, 0.05) is 0 Å². The first-order valence-corrected chi connectivity index (χ1v) is 4.00. The highest BCUT2D eigenvalue weighted by Gasteiger charge is 2.17. The van der Waals surface area contributed by atoms with Gasteiger partial charge in [0.15, 0.2) is 0 Å². The molecule has 0 fully saturated rings. The number of hydrogen-bond acceptors (Lipinski definition) is 4. The number of hydrogen-bond donors (Lipinski definition) is 0. The lowest BCUT2D eigenvalue weighted by atomic mass is 10.2. The summed E-state index contributed by atoms with van der Waals surface area (Å²) in [6, 6.07) is 7.81. The van der Waals surface area contributed by atoms with Gasteiger partial charge in [-0.1, -0.05) is 18.2 Å². The molecule has 0 bridgehead atoms. The third-order valence-electron chi connectivity index (χ3n) is 1.36. The molecule has 72 valence electrons. The summed E-state index contributed by atoms with van der Waals surface area (Å²) >= 11 is 4.79. The molecule has 0 unspecified atom stereocenters. The smallest absolute Gasteiger partial charge is 0.383 e. The van der Waals surface area contributed by atoms with Crippen molar-refractivity contribution >= 4 is 28.8 Å². The summed E-state index contributed by atoms with van der Waals surface area (Å²) in [5, 5.41) is -1.32. The quantitative estimate of drug-likeness (QED) is 0.319. The van der Waals surface area contributed by atoms with Crippen LogP contribution in [0.15, 0.2) is 30.3 Å². The van der Waals surface area contributed by atoms with E-state index in [0.717, 1.165) is 0 Å². The molecule has 0 radical (unpaired) electrons. The molecule has 0 saturated heterocycles. The molecule has 0 aromatic heterocycles. The van der Waals surface area contributed by atoms with Gasteiger partial charge in [-0.3, -0.25) is 4.79 Å². The number of halogens is 1. The molecule has 1 aromatic carbocycles. The third kappa shape index (κ3) is 2.67. The van der Waals surface area contributed by atoms with Gasteiger partial charge in [0.25, 0.3) is 0 Å². The highest BCUT2D eigenvalue weighted by atomic mass is 35.5. The summed E-state index contributed by atoms with van der Waals surface area (Å²) in [6.07, 6.45) is 0. The number of carbonyl (C=O) groups excluding carboxylic acids is 3. The van der Waals surface area contributed by atoms with Crippen LogP contribution in [0.5, 0.6) is 0 Å². The van der Waals surface area contributed by atoms with Gasteiger partial charge in [0.1, 0.15) is 0 Å². The topological polar surface area (TPSA) is 60.4 Å². The van der Waals surface area contributed by atoms with Gasteiger partial charge < -0.3 is 4.74 Å². The molecule has 0 amide bonds. The Labute approximate surface area is 84.4 Å². The minimum Gasteiger partial charge on any atom is -0.383 e. The van der Waals surface area contributed by atoms with Crippen LogP contribution < -0.4 is 0 Å². The lowest BCUT2D eigenvalue weighted by molar-refractivity contribution is -0.146. The largest absolute Gasteiger partial charge is 0.399 e. The lowest BCUT2D eigenvalue weighted by Gasteiger charge is -1.98. The van der Waals surface area contributed by atoms with E-state index in [1.165, 1.54) is 12.1 Å². The van der Waals surface area contributed by atoms with Crippen molar-refractivity contribution in [3.8, 4) is 0 Å². The van der Waals surface area contributed by atoms with Crippen LogP contribution >= 0.6 is 11.6 Å². The van der Waals surface area contributed by atoms with Crippen LogP contribution in [-0.4, -0.2) is 17.2 Å². The van der Waals surface area contributed by atoms with Gasteiger partial charge in [-0.15, -0.1) is 0 Å². The van der Waals surface area contributed by atoms with Crippen molar-refractivity contribution in [1.82, 2.24) is 0 Å². The molecule has 1 aromatic rings. The maximum atomic E-state index is 11.1. The molecule has 0 aliphatic heterocycles. The highest BCUT2D eigenvalue weighted by Crippen LogP contribution is 2.01.